The van der Waals surface area contributed by atoms with Crippen LogP contribution in [-0.4, -0.2) is 59.5 Å². The Bertz CT molecular complexity index is 294. The van der Waals surface area contributed by atoms with Crippen LogP contribution in [0.3, 0.4) is 0 Å². The Morgan fingerprint density at radius 1 is 1.39 bits per heavy atom. The van der Waals surface area contributed by atoms with E-state index in [4.69, 9.17) is 5.11 Å². The third kappa shape index (κ3) is 4.29. The fourth-order valence-corrected chi connectivity index (χ4v) is 2.28. The van der Waals surface area contributed by atoms with Gasteiger partial charge < -0.3 is 10.0 Å². The van der Waals surface area contributed by atoms with Crippen molar-refractivity contribution >= 4 is 11.9 Å². The first-order valence-electron chi connectivity index (χ1n) is 6.81. The molecule has 1 saturated heterocycles. The van der Waals surface area contributed by atoms with Crippen LogP contribution in [0.4, 0.5) is 0 Å². The number of likely N-dealkylation sites (tertiary alicyclic amines) is 1. The van der Waals surface area contributed by atoms with Crippen molar-refractivity contribution in [1.82, 2.24) is 9.80 Å². The number of unbranched alkanes of at least 4 members (excludes halogenated alkanes) is 1. The second-order valence-corrected chi connectivity index (χ2v) is 4.89. The molecule has 1 N–H and O–H groups in total. The molecule has 0 spiro atoms. The molecule has 1 amide bonds. The van der Waals surface area contributed by atoms with Crippen molar-refractivity contribution in [3.8, 4) is 0 Å². The number of amides is 1. The van der Waals surface area contributed by atoms with Crippen molar-refractivity contribution in [3.05, 3.63) is 0 Å². The molecule has 1 atom stereocenters. The molecule has 1 unspecified atom stereocenters. The van der Waals surface area contributed by atoms with Gasteiger partial charge in [-0.2, -0.15) is 0 Å². The predicted molar refractivity (Wildman–Crippen MR) is 69.3 cm³/mol. The van der Waals surface area contributed by atoms with Crippen LogP contribution in [0.2, 0.25) is 0 Å². The minimum Gasteiger partial charge on any atom is -0.481 e. The van der Waals surface area contributed by atoms with E-state index in [9.17, 15) is 9.59 Å². The van der Waals surface area contributed by atoms with E-state index < -0.39 is 5.97 Å². The van der Waals surface area contributed by atoms with Crippen molar-refractivity contribution in [2.45, 2.75) is 33.1 Å². The highest BCUT2D eigenvalue weighted by Crippen LogP contribution is 2.16. The molecule has 1 fully saturated rings. The van der Waals surface area contributed by atoms with Gasteiger partial charge in [-0.15, -0.1) is 0 Å². The van der Waals surface area contributed by atoms with Crippen LogP contribution in [0.5, 0.6) is 0 Å². The first-order chi connectivity index (χ1) is 8.58. The number of hydrogen-bond acceptors (Lipinski definition) is 3. The third-order valence-corrected chi connectivity index (χ3v) is 3.50. The molecule has 0 aromatic carbocycles. The van der Waals surface area contributed by atoms with Crippen molar-refractivity contribution in [3.63, 3.8) is 0 Å². The molecule has 1 rings (SSSR count). The topological polar surface area (TPSA) is 60.9 Å². The molecule has 104 valence electrons. The summed E-state index contributed by atoms with van der Waals surface area (Å²) in [6, 6.07) is 0. The molecular weight excluding hydrogens is 232 g/mol. The van der Waals surface area contributed by atoms with Gasteiger partial charge in [0, 0.05) is 19.6 Å². The Labute approximate surface area is 109 Å². The van der Waals surface area contributed by atoms with Gasteiger partial charge in [-0.1, -0.05) is 13.3 Å². The quantitative estimate of drug-likeness (QED) is 0.739. The zero-order chi connectivity index (χ0) is 13.5. The van der Waals surface area contributed by atoms with Gasteiger partial charge in [0.15, 0.2) is 0 Å². The van der Waals surface area contributed by atoms with Crippen LogP contribution >= 0.6 is 0 Å². The summed E-state index contributed by atoms with van der Waals surface area (Å²) in [6.45, 7) is 7.21. The average molecular weight is 256 g/mol. The maximum atomic E-state index is 12.0. The normalized spacial score (nSPS) is 20.0. The maximum absolute atomic E-state index is 12.0. The van der Waals surface area contributed by atoms with Crippen LogP contribution < -0.4 is 0 Å². The van der Waals surface area contributed by atoms with E-state index in [0.29, 0.717) is 26.1 Å². The summed E-state index contributed by atoms with van der Waals surface area (Å²) in [5.41, 5.74) is 0. The summed E-state index contributed by atoms with van der Waals surface area (Å²) in [5.74, 6) is -0.927. The molecule has 0 aliphatic carbocycles. The molecule has 0 aromatic rings. The monoisotopic (exact) mass is 256 g/mol. The Morgan fingerprint density at radius 3 is 2.61 bits per heavy atom. The van der Waals surface area contributed by atoms with Crippen molar-refractivity contribution in [1.29, 1.82) is 0 Å². The third-order valence-electron chi connectivity index (χ3n) is 3.50. The van der Waals surface area contributed by atoms with Gasteiger partial charge in [0.25, 0.3) is 0 Å². The van der Waals surface area contributed by atoms with Crippen molar-refractivity contribution in [2.24, 2.45) is 5.92 Å². The van der Waals surface area contributed by atoms with Crippen LogP contribution in [0.1, 0.15) is 33.1 Å². The number of carbonyl (C=O) groups is 2. The molecule has 0 aromatic heterocycles. The first kappa shape index (κ1) is 15.0. The summed E-state index contributed by atoms with van der Waals surface area (Å²) in [7, 11) is 0. The number of likely N-dealkylation sites (N-methyl/N-ethyl adjacent to an activating group) is 1. The molecule has 0 bridgehead atoms. The van der Waals surface area contributed by atoms with Crippen LogP contribution in [0.15, 0.2) is 0 Å². The minimum atomic E-state index is -0.747. The smallest absolute Gasteiger partial charge is 0.307 e. The van der Waals surface area contributed by atoms with Crippen LogP contribution in [0.25, 0.3) is 0 Å². The fourth-order valence-electron chi connectivity index (χ4n) is 2.28. The van der Waals surface area contributed by atoms with Gasteiger partial charge in [-0.25, -0.2) is 0 Å². The minimum absolute atomic E-state index is 0.122. The summed E-state index contributed by atoms with van der Waals surface area (Å²) in [5, 5.41) is 8.91. The van der Waals surface area contributed by atoms with E-state index in [1.807, 2.05) is 16.7 Å². The van der Waals surface area contributed by atoms with E-state index >= 15 is 0 Å². The van der Waals surface area contributed by atoms with E-state index in [0.717, 1.165) is 25.9 Å². The van der Waals surface area contributed by atoms with Crippen molar-refractivity contribution < 1.29 is 14.7 Å². The zero-order valence-corrected chi connectivity index (χ0v) is 11.4. The van der Waals surface area contributed by atoms with Crippen LogP contribution in [-0.2, 0) is 9.59 Å². The van der Waals surface area contributed by atoms with E-state index in [1.54, 1.807) is 0 Å². The lowest BCUT2D eigenvalue weighted by molar-refractivity contribution is -0.141. The molecule has 0 saturated carbocycles. The van der Waals surface area contributed by atoms with Gasteiger partial charge >= 0.3 is 5.97 Å². The number of carboxylic acids is 1. The Hall–Kier alpha value is -1.10. The second kappa shape index (κ2) is 7.36. The highest BCUT2D eigenvalue weighted by atomic mass is 16.4. The Kier molecular flexibility index (Phi) is 6.12. The SMILES string of the molecule is CCCCN(CC)C(=O)CN1CCC(C(=O)O)C1. The van der Waals surface area contributed by atoms with Crippen LogP contribution in [0, 0.1) is 5.92 Å². The fraction of sp³-hybridized carbons (Fsp3) is 0.846. The van der Waals surface area contributed by atoms with Gasteiger partial charge in [-0.3, -0.25) is 14.5 Å². The van der Waals surface area contributed by atoms with Crippen molar-refractivity contribution in [2.75, 3.05) is 32.7 Å². The largest absolute Gasteiger partial charge is 0.481 e. The molecular formula is C13H24N2O3. The molecule has 1 aliphatic heterocycles. The summed E-state index contributed by atoms with van der Waals surface area (Å²) >= 11 is 0. The standard InChI is InChI=1S/C13H24N2O3/c1-3-5-7-15(4-2)12(16)10-14-8-6-11(9-14)13(17)18/h11H,3-10H2,1-2H3,(H,17,18). The van der Waals surface area contributed by atoms with E-state index in [-0.39, 0.29) is 11.8 Å². The van der Waals surface area contributed by atoms with Gasteiger partial charge in [0.1, 0.15) is 0 Å². The Balaban J connectivity index is 2.37. The second-order valence-electron chi connectivity index (χ2n) is 4.89. The molecule has 0 radical (unpaired) electrons. The molecule has 1 heterocycles. The van der Waals surface area contributed by atoms with E-state index in [1.165, 1.54) is 0 Å². The first-order valence-corrected chi connectivity index (χ1v) is 6.81. The van der Waals surface area contributed by atoms with Gasteiger partial charge in [0.2, 0.25) is 5.91 Å². The molecule has 5 heteroatoms. The number of hydrogen-bond donors (Lipinski definition) is 1. The number of carbonyl (C=O) groups excluding carboxylic acids is 1. The molecule has 18 heavy (non-hydrogen) atoms. The predicted octanol–water partition coefficient (Wildman–Crippen LogP) is 1.04. The lowest BCUT2D eigenvalue weighted by Gasteiger charge is -2.23. The maximum Gasteiger partial charge on any atom is 0.307 e. The number of aliphatic carboxylic acids is 1. The average Bonchev–Trinajstić information content (AvgIpc) is 2.78. The lowest BCUT2D eigenvalue weighted by Crippen LogP contribution is -2.40. The van der Waals surface area contributed by atoms with Gasteiger partial charge in [0.05, 0.1) is 12.5 Å². The summed E-state index contributed by atoms with van der Waals surface area (Å²) < 4.78 is 0. The number of nitrogens with zero attached hydrogens (tertiary/aromatic N) is 2. The zero-order valence-electron chi connectivity index (χ0n) is 11.4. The Morgan fingerprint density at radius 2 is 2.11 bits per heavy atom. The summed E-state index contributed by atoms with van der Waals surface area (Å²) in [6.07, 6.45) is 2.76. The molecule has 1 aliphatic rings. The summed E-state index contributed by atoms with van der Waals surface area (Å²) in [4.78, 5) is 26.7. The van der Waals surface area contributed by atoms with E-state index in [2.05, 4.69) is 6.92 Å². The highest BCUT2D eigenvalue weighted by Gasteiger charge is 2.29. The van der Waals surface area contributed by atoms with Gasteiger partial charge in [-0.05, 0) is 26.3 Å². The lowest BCUT2D eigenvalue weighted by atomic mass is 10.1. The number of carboxylic acid groups (broad SMARTS) is 1. The number of rotatable bonds is 7. The highest BCUT2D eigenvalue weighted by molar-refractivity contribution is 5.78. The molecule has 5 nitrogen and oxygen atoms in total.